The van der Waals surface area contributed by atoms with Crippen LogP contribution >= 0.6 is 0 Å². The second kappa shape index (κ2) is 5.50. The molecule has 0 saturated carbocycles. The largest absolute Gasteiger partial charge is 0.464 e. The molecule has 0 N–H and O–H groups in total. The molecule has 0 amide bonds. The molecule has 1 rings (SSSR count). The summed E-state index contributed by atoms with van der Waals surface area (Å²) in [5, 5.41) is -6.98. The van der Waals surface area contributed by atoms with Gasteiger partial charge < -0.3 is 9.47 Å². The Bertz CT molecular complexity index is 641. The Labute approximate surface area is 123 Å². The lowest BCUT2D eigenvalue weighted by Gasteiger charge is -2.31. The second-order valence-corrected chi connectivity index (χ2v) is 5.21. The molecule has 1 heterocycles. The zero-order valence-corrected chi connectivity index (χ0v) is 11.0. The molecule has 5 nitrogen and oxygen atoms in total. The van der Waals surface area contributed by atoms with Gasteiger partial charge in [0.05, 0.1) is 0 Å². The highest BCUT2D eigenvalue weighted by molar-refractivity contribution is 7.87. The maximum Gasteiger partial charge on any atom is 0.464 e. The van der Waals surface area contributed by atoms with Crippen LogP contribution in [-0.2, 0) is 24.4 Å². The standard InChI is InChI=1S/C7HF11O5S/c8-1(9)2-21-3(10)4(11,22-2)5(12,13)23-6(14,15)7(16,17)24(18,19)20/h3H. The van der Waals surface area contributed by atoms with Gasteiger partial charge in [0.25, 0.3) is 0 Å². The molecule has 1 fully saturated rings. The van der Waals surface area contributed by atoms with Crippen molar-refractivity contribution in [1.29, 1.82) is 0 Å². The van der Waals surface area contributed by atoms with Gasteiger partial charge in [0, 0.05) is 0 Å². The van der Waals surface area contributed by atoms with Crippen LogP contribution in [0, 0.1) is 0 Å². The summed E-state index contributed by atoms with van der Waals surface area (Å²) < 4.78 is 167. The van der Waals surface area contributed by atoms with Crippen molar-refractivity contribution in [3.05, 3.63) is 12.0 Å². The van der Waals surface area contributed by atoms with Crippen molar-refractivity contribution in [2.45, 2.75) is 29.7 Å². The smallest absolute Gasteiger partial charge is 0.419 e. The minimum atomic E-state index is -7.57. The van der Waals surface area contributed by atoms with Gasteiger partial charge in [-0.25, -0.2) is 4.74 Å². The first kappa shape index (κ1) is 20.5. The average Bonchev–Trinajstić information content (AvgIpc) is 2.64. The first-order valence-corrected chi connectivity index (χ1v) is 6.29. The Morgan fingerprint density at radius 3 is 1.92 bits per heavy atom. The van der Waals surface area contributed by atoms with E-state index in [1.807, 2.05) is 4.74 Å². The Kier molecular flexibility index (Phi) is 4.70. The molecular weight excluding hydrogens is 405 g/mol. The molecule has 24 heavy (non-hydrogen) atoms. The van der Waals surface area contributed by atoms with Gasteiger partial charge in [0.15, 0.2) is 0 Å². The molecule has 0 aromatic carbocycles. The number of hydrogen-bond acceptors (Lipinski definition) is 5. The molecule has 2 unspecified atom stereocenters. The van der Waals surface area contributed by atoms with Gasteiger partial charge in [-0.2, -0.15) is 52.3 Å². The normalized spacial score (nSPS) is 26.1. The molecule has 142 valence electrons. The Morgan fingerprint density at radius 2 is 1.58 bits per heavy atom. The molecule has 2 atom stereocenters. The van der Waals surface area contributed by atoms with Crippen LogP contribution in [0.5, 0.6) is 0 Å². The summed E-state index contributed by atoms with van der Waals surface area (Å²) in [4.78, 5) is 0. The summed E-state index contributed by atoms with van der Waals surface area (Å²) in [6.45, 7) is 0. The van der Waals surface area contributed by atoms with E-state index in [1.165, 1.54) is 0 Å². The van der Waals surface area contributed by atoms with Gasteiger partial charge >= 0.3 is 51.9 Å². The molecule has 17 heteroatoms. The SMILES string of the molecule is O=S(=O)(F)C(F)(F)C(F)(F)OC(F)(F)C1(F)OC(=C(F)F)OC1F. The molecular formula is C7HF11O5S. The quantitative estimate of drug-likeness (QED) is 0.519. The Morgan fingerprint density at radius 1 is 1.12 bits per heavy atom. The Hall–Kier alpha value is -1.52. The van der Waals surface area contributed by atoms with Gasteiger partial charge in [0.2, 0.25) is 0 Å². The van der Waals surface area contributed by atoms with E-state index in [1.54, 1.807) is 0 Å². The molecule has 0 bridgehead atoms. The van der Waals surface area contributed by atoms with E-state index < -0.39 is 51.9 Å². The number of ether oxygens (including phenoxy) is 3. The van der Waals surface area contributed by atoms with Gasteiger partial charge in [-0.1, -0.05) is 3.89 Å². The van der Waals surface area contributed by atoms with Crippen molar-refractivity contribution in [2.24, 2.45) is 0 Å². The molecule has 0 aliphatic carbocycles. The van der Waals surface area contributed by atoms with E-state index >= 15 is 0 Å². The van der Waals surface area contributed by atoms with E-state index in [2.05, 4.69) is 9.47 Å². The summed E-state index contributed by atoms with van der Waals surface area (Å²) >= 11 is 0. The maximum atomic E-state index is 13.5. The molecule has 0 spiro atoms. The Balaban J connectivity index is 3.24. The number of alkyl halides is 8. The van der Waals surface area contributed by atoms with Gasteiger partial charge in [-0.05, 0) is 0 Å². The first-order chi connectivity index (χ1) is 10.4. The van der Waals surface area contributed by atoms with Crippen LogP contribution in [-0.4, -0.2) is 38.1 Å². The lowest BCUT2D eigenvalue weighted by Crippen LogP contribution is -2.58. The van der Waals surface area contributed by atoms with Gasteiger partial charge in [-0.15, -0.1) is 0 Å². The van der Waals surface area contributed by atoms with Gasteiger partial charge in [0.1, 0.15) is 0 Å². The summed E-state index contributed by atoms with van der Waals surface area (Å²) in [6.07, 6.45) is -21.1. The zero-order valence-electron chi connectivity index (χ0n) is 10.2. The minimum absolute atomic E-state index is 1.88. The fourth-order valence-electron chi connectivity index (χ4n) is 1.08. The van der Waals surface area contributed by atoms with Crippen LogP contribution in [0.15, 0.2) is 12.0 Å². The predicted molar refractivity (Wildman–Crippen MR) is 46.1 cm³/mol. The zero-order chi connectivity index (χ0) is 19.4. The predicted octanol–water partition coefficient (Wildman–Crippen LogP) is 3.15. The third kappa shape index (κ3) is 3.05. The van der Waals surface area contributed by atoms with E-state index in [4.69, 9.17) is 0 Å². The van der Waals surface area contributed by atoms with Crippen molar-refractivity contribution in [1.82, 2.24) is 0 Å². The fourth-order valence-corrected chi connectivity index (χ4v) is 1.41. The van der Waals surface area contributed by atoms with Crippen LogP contribution in [0.4, 0.5) is 47.8 Å². The van der Waals surface area contributed by atoms with Crippen molar-refractivity contribution in [2.75, 3.05) is 0 Å². The van der Waals surface area contributed by atoms with E-state index in [0.29, 0.717) is 0 Å². The van der Waals surface area contributed by atoms with Crippen molar-refractivity contribution >= 4 is 10.2 Å². The van der Waals surface area contributed by atoms with Crippen molar-refractivity contribution in [3.63, 3.8) is 0 Å². The topological polar surface area (TPSA) is 61.8 Å². The van der Waals surface area contributed by atoms with E-state index in [9.17, 15) is 56.2 Å². The second-order valence-electron chi connectivity index (χ2n) is 3.82. The van der Waals surface area contributed by atoms with Crippen LogP contribution in [0.3, 0.4) is 0 Å². The highest BCUT2D eigenvalue weighted by atomic mass is 32.3. The number of rotatable bonds is 5. The van der Waals surface area contributed by atoms with Crippen molar-refractivity contribution in [3.8, 4) is 0 Å². The average molecular weight is 406 g/mol. The first-order valence-electron chi connectivity index (χ1n) is 4.91. The third-order valence-electron chi connectivity index (χ3n) is 2.20. The van der Waals surface area contributed by atoms with Crippen molar-refractivity contribution < 1.29 is 70.4 Å². The van der Waals surface area contributed by atoms with Crippen LogP contribution < -0.4 is 0 Å². The summed E-state index contributed by atoms with van der Waals surface area (Å²) in [5.74, 6) is -8.22. The number of hydrogen-bond donors (Lipinski definition) is 0. The monoisotopic (exact) mass is 406 g/mol. The summed E-state index contributed by atoms with van der Waals surface area (Å²) in [5.41, 5.74) is 0. The van der Waals surface area contributed by atoms with Crippen LogP contribution in [0.2, 0.25) is 0 Å². The van der Waals surface area contributed by atoms with Gasteiger partial charge in [-0.3, -0.25) is 0 Å². The summed E-state index contributed by atoms with van der Waals surface area (Å²) in [7, 11) is -7.57. The molecule has 1 saturated heterocycles. The minimum Gasteiger partial charge on any atom is -0.419 e. The molecule has 0 aromatic heterocycles. The molecule has 1 aliphatic rings. The fraction of sp³-hybridized carbons (Fsp3) is 0.714. The van der Waals surface area contributed by atoms with Crippen LogP contribution in [0.1, 0.15) is 0 Å². The van der Waals surface area contributed by atoms with Crippen LogP contribution in [0.25, 0.3) is 0 Å². The molecule has 0 aromatic rings. The number of halogens is 11. The summed E-state index contributed by atoms with van der Waals surface area (Å²) in [6, 6.07) is 0. The highest BCUT2D eigenvalue weighted by Gasteiger charge is 2.78. The maximum absolute atomic E-state index is 13.5. The molecule has 1 aliphatic heterocycles. The highest BCUT2D eigenvalue weighted by Crippen LogP contribution is 2.51. The van der Waals surface area contributed by atoms with E-state index in [0.717, 1.165) is 0 Å². The third-order valence-corrected chi connectivity index (χ3v) is 3.05. The lowest BCUT2D eigenvalue weighted by molar-refractivity contribution is -0.470. The lowest BCUT2D eigenvalue weighted by atomic mass is 10.3. The molecule has 0 radical (unpaired) electrons. The van der Waals surface area contributed by atoms with E-state index in [-0.39, 0.29) is 0 Å².